The van der Waals surface area contributed by atoms with Crippen LogP contribution in [0.1, 0.15) is 0 Å². The van der Waals surface area contributed by atoms with Gasteiger partial charge in [0.05, 0.1) is 5.09 Å². The molecule has 32 valence electrons. The van der Waals surface area contributed by atoms with Crippen LogP contribution >= 0.6 is 0 Å². The summed E-state index contributed by atoms with van der Waals surface area (Å²) in [6.45, 7) is 0. The van der Waals surface area contributed by atoms with Crippen molar-refractivity contribution >= 4 is 0 Å². The Morgan fingerprint density at radius 1 is 1.33 bits per heavy atom. The Bertz CT molecular complexity index is 30.5. The van der Waals surface area contributed by atoms with Gasteiger partial charge < -0.3 is 20.8 Å². The van der Waals surface area contributed by atoms with Gasteiger partial charge in [0.15, 0.2) is 0 Å². The molecule has 0 bridgehead atoms. The summed E-state index contributed by atoms with van der Waals surface area (Å²) in [6, 6.07) is 0. The Morgan fingerprint density at radius 3 is 1.33 bits per heavy atom. The van der Waals surface area contributed by atoms with Gasteiger partial charge in [-0.3, -0.25) is 0 Å². The van der Waals surface area contributed by atoms with Crippen LogP contribution in [0.3, 0.4) is 0 Å². The summed E-state index contributed by atoms with van der Waals surface area (Å²) in [4.78, 5) is 8.25. The maximum atomic E-state index is 8.25. The second kappa shape index (κ2) is 9.02. The van der Waals surface area contributed by atoms with Crippen LogP contribution in [0.2, 0.25) is 0 Å². The smallest absolute Gasteiger partial charge is 2.00 e. The van der Waals surface area contributed by atoms with Crippen molar-refractivity contribution in [1.29, 1.82) is 0 Å². The summed E-state index contributed by atoms with van der Waals surface area (Å²) < 4.78 is 0. The van der Waals surface area contributed by atoms with Crippen LogP contribution in [0.4, 0.5) is 0 Å². The van der Waals surface area contributed by atoms with Crippen molar-refractivity contribution in [2.24, 2.45) is 0 Å². The first-order chi connectivity index (χ1) is 1.73. The van der Waals surface area contributed by atoms with E-state index in [1.165, 1.54) is 0 Å². The molecule has 0 spiro atoms. The van der Waals surface area contributed by atoms with Gasteiger partial charge in [-0.15, -0.1) is 0 Å². The van der Waals surface area contributed by atoms with E-state index in [-0.39, 0.29) is 41.1 Å². The van der Waals surface area contributed by atoms with Crippen molar-refractivity contribution in [2.75, 3.05) is 0 Å². The van der Waals surface area contributed by atoms with Crippen molar-refractivity contribution in [3.8, 4) is 0 Å². The number of hydrogen-bond donors (Lipinski definition) is 0. The van der Waals surface area contributed by atoms with Crippen molar-refractivity contribution in [3.63, 3.8) is 0 Å². The van der Waals surface area contributed by atoms with Crippen molar-refractivity contribution < 1.29 is 46.2 Å². The van der Waals surface area contributed by atoms with Crippen LogP contribution in [-0.2, 0) is 5.48 Å². The minimum Gasteiger partial charge on any atom is -2.00 e. The average Bonchev–Trinajstić information content (AvgIpc) is 0.811. The predicted molar refractivity (Wildman–Crippen MR) is 11.0 cm³/mol. The summed E-state index contributed by atoms with van der Waals surface area (Å²) in [5.41, 5.74) is 0. The Kier molecular flexibility index (Phi) is 24.3. The minimum atomic E-state index is -1.75. The molecule has 0 aliphatic heterocycles. The monoisotopic (exact) mass is 217 g/mol. The van der Waals surface area contributed by atoms with Gasteiger partial charge in [-0.25, -0.2) is 0 Å². The molecule has 0 aliphatic rings. The summed E-state index contributed by atoms with van der Waals surface area (Å²) in [7, 11) is 0. The number of hydrogen-bond acceptors (Lipinski definition) is 3. The molecule has 0 atom stereocenters. The summed E-state index contributed by atoms with van der Waals surface area (Å²) in [5.74, 6) is 0. The second-order valence-corrected chi connectivity index (χ2v) is 0.224. The standard InChI is InChI=1S/La.NO3.O/c;2-1(3)4;/q+3;-1;-2. The van der Waals surface area contributed by atoms with E-state index in [1.807, 2.05) is 0 Å². The van der Waals surface area contributed by atoms with E-state index in [0.717, 1.165) is 0 Å². The number of rotatable bonds is 0. The molecule has 0 radical (unpaired) electrons. The molecular weight excluding hydrogens is 217 g/mol. The van der Waals surface area contributed by atoms with Gasteiger partial charge in [0, 0.05) is 0 Å². The Hall–Kier alpha value is 0.355. The van der Waals surface area contributed by atoms with Crippen LogP contribution in [0.25, 0.3) is 0 Å². The molecule has 6 heavy (non-hydrogen) atoms. The Morgan fingerprint density at radius 2 is 1.33 bits per heavy atom. The van der Waals surface area contributed by atoms with E-state index in [4.69, 9.17) is 15.3 Å². The molecular formula is LaNO4. The van der Waals surface area contributed by atoms with E-state index < -0.39 is 5.09 Å². The summed E-state index contributed by atoms with van der Waals surface area (Å²) in [5, 5.41) is 14.8. The van der Waals surface area contributed by atoms with Gasteiger partial charge >= 0.3 is 35.6 Å². The van der Waals surface area contributed by atoms with Crippen LogP contribution in [0, 0.1) is 50.9 Å². The van der Waals surface area contributed by atoms with Crippen LogP contribution in [-0.4, -0.2) is 5.09 Å². The molecule has 6 heteroatoms. The van der Waals surface area contributed by atoms with E-state index in [2.05, 4.69) is 0 Å². The molecule has 0 N–H and O–H groups in total. The fraction of sp³-hybridized carbons (Fsp3) is 0. The third-order valence-corrected chi connectivity index (χ3v) is 0. The summed E-state index contributed by atoms with van der Waals surface area (Å²) in [6.07, 6.45) is 0. The zero-order valence-electron chi connectivity index (χ0n) is 2.66. The quantitative estimate of drug-likeness (QED) is 0.409. The van der Waals surface area contributed by atoms with Crippen molar-refractivity contribution in [1.82, 2.24) is 0 Å². The van der Waals surface area contributed by atoms with Gasteiger partial charge in [0.1, 0.15) is 0 Å². The molecule has 0 amide bonds. The van der Waals surface area contributed by atoms with Crippen molar-refractivity contribution in [3.05, 3.63) is 15.3 Å². The molecule has 0 aromatic rings. The molecule has 0 heterocycles. The van der Waals surface area contributed by atoms with Gasteiger partial charge in [0.2, 0.25) is 0 Å². The first-order valence-electron chi connectivity index (χ1n) is 0.548. The van der Waals surface area contributed by atoms with Crippen LogP contribution in [0.15, 0.2) is 0 Å². The molecule has 0 saturated carbocycles. The average molecular weight is 217 g/mol. The SMILES string of the molecule is O=[N+]([O-])[O-].[La+3].[O-2]. The van der Waals surface area contributed by atoms with Gasteiger partial charge in [-0.05, 0) is 0 Å². The topological polar surface area (TPSA) is 94.7 Å². The third-order valence-electron chi connectivity index (χ3n) is 0. The minimum absolute atomic E-state index is 0. The maximum Gasteiger partial charge on any atom is 3.00 e. The molecule has 0 aliphatic carbocycles. The van der Waals surface area contributed by atoms with Crippen LogP contribution < -0.4 is 0 Å². The molecule has 0 saturated heterocycles. The summed E-state index contributed by atoms with van der Waals surface area (Å²) >= 11 is 0. The van der Waals surface area contributed by atoms with E-state index in [9.17, 15) is 0 Å². The van der Waals surface area contributed by atoms with Gasteiger partial charge in [-0.2, -0.15) is 0 Å². The fourth-order valence-electron chi connectivity index (χ4n) is 0. The maximum absolute atomic E-state index is 8.25. The first kappa shape index (κ1) is 16.2. The molecule has 0 aromatic heterocycles. The van der Waals surface area contributed by atoms with E-state index in [1.54, 1.807) is 0 Å². The Balaban J connectivity index is -0.0000000450. The van der Waals surface area contributed by atoms with Crippen LogP contribution in [0.5, 0.6) is 0 Å². The Labute approximate surface area is 61.4 Å². The molecule has 0 rings (SSSR count). The zero-order valence-corrected chi connectivity index (χ0v) is 6.28. The van der Waals surface area contributed by atoms with Crippen molar-refractivity contribution in [2.45, 2.75) is 0 Å². The van der Waals surface area contributed by atoms with E-state index in [0.29, 0.717) is 0 Å². The third kappa shape index (κ3) is 389. The molecule has 0 aromatic carbocycles. The predicted octanol–water partition coefficient (Wildman–Crippen LogP) is -0.358. The molecule has 5 nitrogen and oxygen atoms in total. The van der Waals surface area contributed by atoms with E-state index >= 15 is 0 Å². The first-order valence-corrected chi connectivity index (χ1v) is 0.548. The van der Waals surface area contributed by atoms with Gasteiger partial charge in [-0.1, -0.05) is 0 Å². The van der Waals surface area contributed by atoms with Gasteiger partial charge in [0.25, 0.3) is 0 Å². The number of nitrogens with zero attached hydrogens (tertiary/aromatic N) is 1. The molecule has 0 unspecified atom stereocenters. The fourth-order valence-corrected chi connectivity index (χ4v) is 0. The molecule has 0 fully saturated rings. The normalized spacial score (nSPS) is 4.00. The second-order valence-electron chi connectivity index (χ2n) is 0.224. The largest absolute Gasteiger partial charge is 3.00 e. The zero-order chi connectivity index (χ0) is 3.58.